The third-order valence-corrected chi connectivity index (χ3v) is 3.83. The van der Waals surface area contributed by atoms with Crippen molar-refractivity contribution in [2.45, 2.75) is 32.8 Å². The van der Waals surface area contributed by atoms with Crippen LogP contribution in [0.3, 0.4) is 0 Å². The monoisotopic (exact) mass is 400 g/mol. The highest BCUT2D eigenvalue weighted by Crippen LogP contribution is 2.15. The topological polar surface area (TPSA) is 84.5 Å². The van der Waals surface area contributed by atoms with Gasteiger partial charge in [-0.2, -0.15) is 0 Å². The molecule has 0 aliphatic carbocycles. The Bertz CT molecular complexity index is 873. The maximum absolute atomic E-state index is 13.1. The van der Waals surface area contributed by atoms with Gasteiger partial charge in [-0.15, -0.1) is 0 Å². The number of benzene rings is 2. The molecule has 2 amide bonds. The van der Waals surface area contributed by atoms with E-state index in [-0.39, 0.29) is 16.9 Å². The lowest BCUT2D eigenvalue weighted by molar-refractivity contribution is 0.0527. The summed E-state index contributed by atoms with van der Waals surface area (Å²) in [6.45, 7) is 5.98. The molecule has 154 valence electrons. The van der Waals surface area contributed by atoms with E-state index in [1.54, 1.807) is 45.0 Å². The standard InChI is InChI=1S/C22H25FN2O4/c1-22(2,3)29-21(28)25-14-6-13-24-20(27)18-8-5-4-7-17(18)19(26)15-9-11-16(23)12-10-15/h4-5,7-12H,6,13-14H2,1-3H3,(H,24,27)(H,25,28). The summed E-state index contributed by atoms with van der Waals surface area (Å²) >= 11 is 0. The summed E-state index contributed by atoms with van der Waals surface area (Å²) in [5.41, 5.74) is 0.206. The van der Waals surface area contributed by atoms with E-state index in [2.05, 4.69) is 10.6 Å². The van der Waals surface area contributed by atoms with E-state index in [9.17, 15) is 18.8 Å². The van der Waals surface area contributed by atoms with Crippen LogP contribution in [0.5, 0.6) is 0 Å². The van der Waals surface area contributed by atoms with Crippen LogP contribution in [0.2, 0.25) is 0 Å². The molecule has 0 unspecified atom stereocenters. The highest BCUT2D eigenvalue weighted by molar-refractivity contribution is 6.15. The van der Waals surface area contributed by atoms with Gasteiger partial charge in [0.05, 0.1) is 5.56 Å². The summed E-state index contributed by atoms with van der Waals surface area (Å²) in [6.07, 6.45) is -0.0157. The van der Waals surface area contributed by atoms with Crippen LogP contribution in [0, 0.1) is 5.82 Å². The molecule has 2 aromatic carbocycles. The lowest BCUT2D eigenvalue weighted by Gasteiger charge is -2.19. The third kappa shape index (κ3) is 7.03. The number of carbonyl (C=O) groups excluding carboxylic acids is 3. The Balaban J connectivity index is 1.91. The molecule has 0 saturated carbocycles. The molecule has 6 nitrogen and oxygen atoms in total. The Labute approximate surface area is 169 Å². The van der Waals surface area contributed by atoms with E-state index >= 15 is 0 Å². The molecule has 0 atom stereocenters. The molecule has 2 N–H and O–H groups in total. The highest BCUT2D eigenvalue weighted by Gasteiger charge is 2.18. The summed E-state index contributed by atoms with van der Waals surface area (Å²) in [5, 5.41) is 5.34. The Morgan fingerprint density at radius 1 is 0.897 bits per heavy atom. The SMILES string of the molecule is CC(C)(C)OC(=O)NCCCNC(=O)c1ccccc1C(=O)c1ccc(F)cc1. The van der Waals surface area contributed by atoms with Gasteiger partial charge in [0, 0.05) is 24.2 Å². The van der Waals surface area contributed by atoms with Gasteiger partial charge in [0.25, 0.3) is 5.91 Å². The minimum atomic E-state index is -0.570. The van der Waals surface area contributed by atoms with Crippen LogP contribution in [0.25, 0.3) is 0 Å². The second-order valence-electron chi connectivity index (χ2n) is 7.42. The number of rotatable bonds is 7. The normalized spacial score (nSPS) is 10.9. The number of hydrogen-bond acceptors (Lipinski definition) is 4. The molecule has 7 heteroatoms. The predicted octanol–water partition coefficient (Wildman–Crippen LogP) is 3.70. The van der Waals surface area contributed by atoms with Gasteiger partial charge in [0.15, 0.2) is 5.78 Å². The average molecular weight is 400 g/mol. The molecule has 0 fully saturated rings. The van der Waals surface area contributed by atoms with Gasteiger partial charge in [0.2, 0.25) is 0 Å². The van der Waals surface area contributed by atoms with Gasteiger partial charge in [-0.25, -0.2) is 9.18 Å². The number of ketones is 1. The predicted molar refractivity (Wildman–Crippen MR) is 107 cm³/mol. The van der Waals surface area contributed by atoms with Crippen molar-refractivity contribution < 1.29 is 23.5 Å². The third-order valence-electron chi connectivity index (χ3n) is 3.83. The Morgan fingerprint density at radius 2 is 1.48 bits per heavy atom. The Morgan fingerprint density at radius 3 is 2.10 bits per heavy atom. The number of nitrogens with one attached hydrogen (secondary N) is 2. The zero-order valence-corrected chi connectivity index (χ0v) is 16.8. The molecule has 0 heterocycles. The van der Waals surface area contributed by atoms with Crippen molar-refractivity contribution in [1.82, 2.24) is 10.6 Å². The first-order valence-corrected chi connectivity index (χ1v) is 9.32. The molecular formula is C22H25FN2O4. The molecule has 0 bridgehead atoms. The molecule has 0 saturated heterocycles. The van der Waals surface area contributed by atoms with Crippen molar-refractivity contribution in [2.24, 2.45) is 0 Å². The largest absolute Gasteiger partial charge is 0.444 e. The summed E-state index contributed by atoms with van der Waals surface area (Å²) < 4.78 is 18.2. The van der Waals surface area contributed by atoms with Crippen molar-refractivity contribution in [3.05, 3.63) is 71.0 Å². The average Bonchev–Trinajstić information content (AvgIpc) is 2.66. The van der Waals surface area contributed by atoms with E-state index in [4.69, 9.17) is 4.74 Å². The van der Waals surface area contributed by atoms with Gasteiger partial charge < -0.3 is 15.4 Å². The van der Waals surface area contributed by atoms with Crippen molar-refractivity contribution in [3.8, 4) is 0 Å². The second kappa shape index (κ2) is 9.82. The van der Waals surface area contributed by atoms with Crippen LogP contribution in [-0.4, -0.2) is 36.5 Å². The Kier molecular flexibility index (Phi) is 7.47. The van der Waals surface area contributed by atoms with Crippen LogP contribution < -0.4 is 10.6 Å². The molecule has 0 aromatic heterocycles. The summed E-state index contributed by atoms with van der Waals surface area (Å²) in [5.74, 6) is -1.19. The van der Waals surface area contributed by atoms with Crippen molar-refractivity contribution in [3.63, 3.8) is 0 Å². The fourth-order valence-corrected chi connectivity index (χ4v) is 2.53. The zero-order valence-electron chi connectivity index (χ0n) is 16.8. The number of amides is 2. The van der Waals surface area contributed by atoms with Crippen LogP contribution in [0.15, 0.2) is 48.5 Å². The molecule has 0 radical (unpaired) electrons. The van der Waals surface area contributed by atoms with E-state index in [1.807, 2.05) is 0 Å². The van der Waals surface area contributed by atoms with Crippen molar-refractivity contribution >= 4 is 17.8 Å². The number of halogens is 1. The Hall–Kier alpha value is -3.22. The first-order valence-electron chi connectivity index (χ1n) is 9.32. The first-order chi connectivity index (χ1) is 13.7. The first kappa shape index (κ1) is 22.1. The van der Waals surface area contributed by atoms with Crippen LogP contribution in [-0.2, 0) is 4.74 Å². The van der Waals surface area contributed by atoms with E-state index in [0.717, 1.165) is 0 Å². The molecular weight excluding hydrogens is 375 g/mol. The summed E-state index contributed by atoms with van der Waals surface area (Å²) in [6, 6.07) is 11.6. The van der Waals surface area contributed by atoms with E-state index < -0.39 is 23.4 Å². The molecule has 0 aliphatic rings. The van der Waals surface area contributed by atoms with Crippen molar-refractivity contribution in [1.29, 1.82) is 0 Å². The summed E-state index contributed by atoms with van der Waals surface area (Å²) in [4.78, 5) is 36.8. The number of carbonyl (C=O) groups is 3. The molecule has 29 heavy (non-hydrogen) atoms. The maximum Gasteiger partial charge on any atom is 0.407 e. The van der Waals surface area contributed by atoms with E-state index in [1.165, 1.54) is 24.3 Å². The van der Waals surface area contributed by atoms with Crippen molar-refractivity contribution in [2.75, 3.05) is 13.1 Å². The number of ether oxygens (including phenoxy) is 1. The lowest BCUT2D eigenvalue weighted by atomic mass is 9.98. The number of alkyl carbamates (subject to hydrolysis) is 1. The quantitative estimate of drug-likeness (QED) is 0.548. The zero-order chi connectivity index (χ0) is 21.4. The number of hydrogen-bond donors (Lipinski definition) is 2. The van der Waals surface area contributed by atoms with Gasteiger partial charge in [-0.3, -0.25) is 9.59 Å². The molecule has 2 rings (SSSR count). The summed E-state index contributed by atoms with van der Waals surface area (Å²) in [7, 11) is 0. The van der Waals surface area contributed by atoms with Gasteiger partial charge in [-0.1, -0.05) is 18.2 Å². The van der Waals surface area contributed by atoms with Crippen LogP contribution in [0.1, 0.15) is 53.5 Å². The minimum Gasteiger partial charge on any atom is -0.444 e. The van der Waals surface area contributed by atoms with Gasteiger partial charge in [-0.05, 0) is 57.5 Å². The molecule has 2 aromatic rings. The molecule has 0 spiro atoms. The highest BCUT2D eigenvalue weighted by atomic mass is 19.1. The smallest absolute Gasteiger partial charge is 0.407 e. The molecule has 0 aliphatic heterocycles. The fourth-order valence-electron chi connectivity index (χ4n) is 2.53. The fraction of sp³-hybridized carbons (Fsp3) is 0.318. The van der Waals surface area contributed by atoms with Gasteiger partial charge >= 0.3 is 6.09 Å². The van der Waals surface area contributed by atoms with Crippen LogP contribution in [0.4, 0.5) is 9.18 Å². The van der Waals surface area contributed by atoms with Crippen LogP contribution >= 0.6 is 0 Å². The van der Waals surface area contributed by atoms with Gasteiger partial charge in [0.1, 0.15) is 11.4 Å². The lowest BCUT2D eigenvalue weighted by Crippen LogP contribution is -2.34. The maximum atomic E-state index is 13.1. The van der Waals surface area contributed by atoms with E-state index in [0.29, 0.717) is 25.1 Å². The minimum absolute atomic E-state index is 0.238. The second-order valence-corrected chi connectivity index (χ2v) is 7.42.